The summed E-state index contributed by atoms with van der Waals surface area (Å²) in [5.74, 6) is 0.880. The lowest BCUT2D eigenvalue weighted by atomic mass is 10.2. The van der Waals surface area contributed by atoms with Crippen molar-refractivity contribution >= 4 is 11.6 Å². The quantitative estimate of drug-likeness (QED) is 0.813. The molecule has 1 aromatic carbocycles. The molecule has 1 aliphatic rings. The van der Waals surface area contributed by atoms with Crippen LogP contribution in [0.3, 0.4) is 0 Å². The summed E-state index contributed by atoms with van der Waals surface area (Å²) in [7, 11) is 0. The van der Waals surface area contributed by atoms with Crippen LogP contribution in [0.1, 0.15) is 5.56 Å². The van der Waals surface area contributed by atoms with Crippen LogP contribution in [-0.4, -0.2) is 54.1 Å². The Morgan fingerprint density at radius 2 is 1.57 bits per heavy atom. The Labute approximate surface area is 142 Å². The third-order valence-corrected chi connectivity index (χ3v) is 4.36. The van der Waals surface area contributed by atoms with Gasteiger partial charge in [0.2, 0.25) is 0 Å². The van der Waals surface area contributed by atoms with Crippen molar-refractivity contribution < 1.29 is 4.74 Å². The Morgan fingerprint density at radius 1 is 0.913 bits per heavy atom. The molecule has 1 aliphatic heterocycles. The maximum absolute atomic E-state index is 5.87. The Morgan fingerprint density at radius 3 is 2.26 bits per heavy atom. The minimum absolute atomic E-state index is 0.714. The number of piperazine rings is 1. The van der Waals surface area contributed by atoms with Crippen LogP contribution in [0, 0.1) is 0 Å². The Bertz CT molecular complexity index is 583. The minimum Gasteiger partial charge on any atom is -0.492 e. The maximum Gasteiger partial charge on any atom is 0.119 e. The van der Waals surface area contributed by atoms with E-state index in [2.05, 4.69) is 26.9 Å². The summed E-state index contributed by atoms with van der Waals surface area (Å²) in [5, 5.41) is 0.739. The lowest BCUT2D eigenvalue weighted by molar-refractivity contribution is 0.112. The highest BCUT2D eigenvalue weighted by Gasteiger charge is 2.16. The molecule has 0 saturated carbocycles. The predicted octanol–water partition coefficient (Wildman–Crippen LogP) is 2.93. The summed E-state index contributed by atoms with van der Waals surface area (Å²) in [6.45, 7) is 7.08. The van der Waals surface area contributed by atoms with E-state index in [0.29, 0.717) is 6.61 Å². The van der Waals surface area contributed by atoms with E-state index in [9.17, 15) is 0 Å². The Balaban J connectivity index is 1.35. The van der Waals surface area contributed by atoms with Crippen molar-refractivity contribution in [3.05, 3.63) is 59.4 Å². The molecule has 3 rings (SSSR count). The monoisotopic (exact) mass is 331 g/mol. The van der Waals surface area contributed by atoms with Crippen LogP contribution in [0.2, 0.25) is 5.02 Å². The van der Waals surface area contributed by atoms with Crippen LogP contribution in [0.4, 0.5) is 0 Å². The van der Waals surface area contributed by atoms with E-state index >= 15 is 0 Å². The average Bonchev–Trinajstić information content (AvgIpc) is 2.59. The smallest absolute Gasteiger partial charge is 0.119 e. The molecule has 23 heavy (non-hydrogen) atoms. The lowest BCUT2D eigenvalue weighted by Crippen LogP contribution is -2.47. The molecule has 1 aromatic heterocycles. The molecule has 0 amide bonds. The molecular formula is C18H22ClN3O. The molecule has 0 bridgehead atoms. The molecule has 1 saturated heterocycles. The van der Waals surface area contributed by atoms with Gasteiger partial charge in [0.25, 0.3) is 0 Å². The van der Waals surface area contributed by atoms with E-state index in [1.807, 2.05) is 36.7 Å². The van der Waals surface area contributed by atoms with Crippen LogP contribution in [0.5, 0.6) is 5.75 Å². The molecule has 122 valence electrons. The minimum atomic E-state index is 0.714. The highest BCUT2D eigenvalue weighted by molar-refractivity contribution is 6.30. The second-order valence-corrected chi connectivity index (χ2v) is 6.21. The van der Waals surface area contributed by atoms with E-state index < -0.39 is 0 Å². The number of hydrogen-bond donors (Lipinski definition) is 0. The van der Waals surface area contributed by atoms with Gasteiger partial charge in [-0.1, -0.05) is 11.6 Å². The second kappa shape index (κ2) is 8.29. The van der Waals surface area contributed by atoms with Crippen molar-refractivity contribution in [2.24, 2.45) is 0 Å². The van der Waals surface area contributed by atoms with Crippen molar-refractivity contribution in [3.8, 4) is 5.75 Å². The first kappa shape index (κ1) is 16.2. The van der Waals surface area contributed by atoms with Crippen molar-refractivity contribution in [2.75, 3.05) is 39.3 Å². The number of halogens is 1. The number of ether oxygens (including phenoxy) is 1. The third-order valence-electron chi connectivity index (χ3n) is 4.11. The standard InChI is InChI=1S/C18H22ClN3O/c19-17-1-3-18(4-2-17)23-14-13-21-9-11-22(12-10-21)15-16-5-7-20-8-6-16/h1-8H,9-15H2. The van der Waals surface area contributed by atoms with Gasteiger partial charge in [-0.2, -0.15) is 0 Å². The largest absolute Gasteiger partial charge is 0.492 e. The fraction of sp³-hybridized carbons (Fsp3) is 0.389. The fourth-order valence-corrected chi connectivity index (χ4v) is 2.87. The highest BCUT2D eigenvalue weighted by Crippen LogP contribution is 2.15. The summed E-state index contributed by atoms with van der Waals surface area (Å²) in [6, 6.07) is 11.7. The summed E-state index contributed by atoms with van der Waals surface area (Å²) in [5.41, 5.74) is 1.33. The topological polar surface area (TPSA) is 28.6 Å². The Kier molecular flexibility index (Phi) is 5.86. The van der Waals surface area contributed by atoms with Crippen LogP contribution >= 0.6 is 11.6 Å². The fourth-order valence-electron chi connectivity index (χ4n) is 2.74. The molecule has 1 fully saturated rings. The van der Waals surface area contributed by atoms with E-state index in [1.54, 1.807) is 0 Å². The molecule has 0 unspecified atom stereocenters. The highest BCUT2D eigenvalue weighted by atomic mass is 35.5. The van der Waals surface area contributed by atoms with Gasteiger partial charge in [0.1, 0.15) is 12.4 Å². The van der Waals surface area contributed by atoms with Gasteiger partial charge < -0.3 is 4.74 Å². The molecule has 2 aromatic rings. The first-order valence-electron chi connectivity index (χ1n) is 8.01. The number of pyridine rings is 1. The Hall–Kier alpha value is -1.62. The van der Waals surface area contributed by atoms with Gasteiger partial charge in [0.05, 0.1) is 0 Å². The zero-order valence-corrected chi connectivity index (χ0v) is 14.0. The summed E-state index contributed by atoms with van der Waals surface area (Å²) in [6.07, 6.45) is 3.72. The number of nitrogens with zero attached hydrogens (tertiary/aromatic N) is 3. The summed E-state index contributed by atoms with van der Waals surface area (Å²) < 4.78 is 5.77. The number of rotatable bonds is 6. The van der Waals surface area contributed by atoms with Gasteiger partial charge in [-0.25, -0.2) is 0 Å². The molecule has 0 atom stereocenters. The van der Waals surface area contributed by atoms with Crippen LogP contribution in [0.15, 0.2) is 48.8 Å². The van der Waals surface area contributed by atoms with Gasteiger partial charge in [-0.3, -0.25) is 14.8 Å². The lowest BCUT2D eigenvalue weighted by Gasteiger charge is -2.34. The second-order valence-electron chi connectivity index (χ2n) is 5.78. The van der Waals surface area contributed by atoms with Crippen molar-refractivity contribution in [1.82, 2.24) is 14.8 Å². The normalized spacial score (nSPS) is 16.4. The van der Waals surface area contributed by atoms with Gasteiger partial charge in [-0.15, -0.1) is 0 Å². The first-order valence-corrected chi connectivity index (χ1v) is 8.39. The number of aromatic nitrogens is 1. The van der Waals surface area contributed by atoms with Crippen molar-refractivity contribution in [2.45, 2.75) is 6.54 Å². The van der Waals surface area contributed by atoms with Gasteiger partial charge in [0.15, 0.2) is 0 Å². The molecule has 4 nitrogen and oxygen atoms in total. The molecular weight excluding hydrogens is 310 g/mol. The van der Waals surface area contributed by atoms with Gasteiger partial charge in [-0.05, 0) is 42.0 Å². The summed E-state index contributed by atoms with van der Waals surface area (Å²) in [4.78, 5) is 9.02. The SMILES string of the molecule is Clc1ccc(OCCN2CCN(Cc3ccncc3)CC2)cc1. The average molecular weight is 332 g/mol. The van der Waals surface area contributed by atoms with E-state index in [0.717, 1.165) is 50.0 Å². The van der Waals surface area contributed by atoms with Crippen molar-refractivity contribution in [1.29, 1.82) is 0 Å². The number of hydrogen-bond acceptors (Lipinski definition) is 4. The molecule has 0 radical (unpaired) electrons. The van der Waals surface area contributed by atoms with Gasteiger partial charge >= 0.3 is 0 Å². The molecule has 0 aliphatic carbocycles. The molecule has 0 spiro atoms. The van der Waals surface area contributed by atoms with E-state index in [1.165, 1.54) is 5.56 Å². The molecule has 5 heteroatoms. The van der Waals surface area contributed by atoms with Crippen LogP contribution in [-0.2, 0) is 6.54 Å². The summed E-state index contributed by atoms with van der Waals surface area (Å²) >= 11 is 5.87. The van der Waals surface area contributed by atoms with E-state index in [-0.39, 0.29) is 0 Å². The zero-order valence-electron chi connectivity index (χ0n) is 13.2. The predicted molar refractivity (Wildman–Crippen MR) is 92.9 cm³/mol. The maximum atomic E-state index is 5.87. The van der Waals surface area contributed by atoms with Crippen LogP contribution in [0.25, 0.3) is 0 Å². The van der Waals surface area contributed by atoms with Crippen LogP contribution < -0.4 is 4.74 Å². The van der Waals surface area contributed by atoms with E-state index in [4.69, 9.17) is 16.3 Å². The third kappa shape index (κ3) is 5.20. The molecule has 2 heterocycles. The van der Waals surface area contributed by atoms with Crippen molar-refractivity contribution in [3.63, 3.8) is 0 Å². The first-order chi connectivity index (χ1) is 11.3. The molecule has 0 N–H and O–H groups in total. The van der Waals surface area contributed by atoms with Gasteiger partial charge in [0, 0.05) is 56.7 Å². The number of benzene rings is 1. The zero-order chi connectivity index (χ0) is 15.9.